The van der Waals surface area contributed by atoms with Gasteiger partial charge in [0.2, 0.25) is 0 Å². The Hall–Kier alpha value is -2.14. The Balaban J connectivity index is 2.34. The second kappa shape index (κ2) is 6.15. The third-order valence-corrected chi connectivity index (χ3v) is 3.58. The zero-order chi connectivity index (χ0) is 13.7. The van der Waals surface area contributed by atoms with E-state index in [0.717, 1.165) is 11.2 Å². The molecule has 0 heterocycles. The third-order valence-electron chi connectivity index (χ3n) is 2.51. The van der Waals surface area contributed by atoms with Crippen LogP contribution in [0.2, 0.25) is 0 Å². The normalized spacial score (nSPS) is 10.1. The van der Waals surface area contributed by atoms with Crippen LogP contribution >= 0.6 is 11.8 Å². The zero-order valence-electron chi connectivity index (χ0n) is 9.98. The number of carbonyl (C=O) groups excluding carboxylic acids is 1. The first-order chi connectivity index (χ1) is 9.20. The van der Waals surface area contributed by atoms with E-state index in [2.05, 4.69) is 0 Å². The van der Waals surface area contributed by atoms with E-state index >= 15 is 0 Å². The van der Waals surface area contributed by atoms with E-state index in [1.54, 1.807) is 12.1 Å². The lowest BCUT2D eigenvalue weighted by atomic mass is 10.1. The maximum absolute atomic E-state index is 11.1. The monoisotopic (exact) mass is 273 g/mol. The molecule has 5 heteroatoms. The molecule has 0 spiro atoms. The van der Waals surface area contributed by atoms with E-state index in [0.29, 0.717) is 10.5 Å². The van der Waals surface area contributed by atoms with Crippen LogP contribution in [0, 0.1) is 10.1 Å². The summed E-state index contributed by atoms with van der Waals surface area (Å²) in [6, 6.07) is 14.3. The van der Waals surface area contributed by atoms with E-state index in [1.807, 2.05) is 30.3 Å². The molecule has 0 radical (unpaired) electrons. The molecule has 0 amide bonds. The molecule has 0 aliphatic heterocycles. The molecule has 0 saturated heterocycles. The van der Waals surface area contributed by atoms with Gasteiger partial charge in [0.05, 0.1) is 9.82 Å². The molecule has 0 fully saturated rings. The first kappa shape index (κ1) is 13.3. The van der Waals surface area contributed by atoms with Gasteiger partial charge in [-0.15, -0.1) is 0 Å². The summed E-state index contributed by atoms with van der Waals surface area (Å²) in [5.74, 6) is 0. The van der Waals surface area contributed by atoms with Crippen LogP contribution in [0.3, 0.4) is 0 Å². The fourth-order valence-electron chi connectivity index (χ4n) is 1.63. The number of carbonyl (C=O) groups is 1. The predicted molar refractivity (Wildman–Crippen MR) is 73.4 cm³/mol. The van der Waals surface area contributed by atoms with Crippen molar-refractivity contribution < 1.29 is 9.72 Å². The predicted octanol–water partition coefficient (Wildman–Crippen LogP) is 3.49. The van der Waals surface area contributed by atoms with Gasteiger partial charge in [0.15, 0.2) is 0 Å². The van der Waals surface area contributed by atoms with Crippen molar-refractivity contribution >= 4 is 23.7 Å². The SMILES string of the molecule is O=CCc1ccc(Sc2ccccc2)c([N+](=O)[O-])c1. The van der Waals surface area contributed by atoms with Gasteiger partial charge < -0.3 is 4.79 Å². The van der Waals surface area contributed by atoms with Crippen molar-refractivity contribution in [1.29, 1.82) is 0 Å². The second-order valence-electron chi connectivity index (χ2n) is 3.85. The Morgan fingerprint density at radius 3 is 2.53 bits per heavy atom. The van der Waals surface area contributed by atoms with E-state index in [9.17, 15) is 14.9 Å². The minimum Gasteiger partial charge on any atom is -0.303 e. The molecular formula is C14H11NO3S. The molecule has 0 aromatic heterocycles. The number of benzene rings is 2. The number of hydrogen-bond acceptors (Lipinski definition) is 4. The van der Waals surface area contributed by atoms with Crippen LogP contribution in [0.5, 0.6) is 0 Å². The Morgan fingerprint density at radius 1 is 1.16 bits per heavy atom. The van der Waals surface area contributed by atoms with Crippen molar-refractivity contribution in [3.05, 3.63) is 64.2 Å². The van der Waals surface area contributed by atoms with Gasteiger partial charge in [0, 0.05) is 17.4 Å². The molecule has 2 aromatic rings. The smallest absolute Gasteiger partial charge is 0.283 e. The average Bonchev–Trinajstić information content (AvgIpc) is 2.42. The number of nitro benzene ring substituents is 1. The maximum atomic E-state index is 11.1. The lowest BCUT2D eigenvalue weighted by Crippen LogP contribution is -1.94. The second-order valence-corrected chi connectivity index (χ2v) is 4.96. The quantitative estimate of drug-likeness (QED) is 0.475. The van der Waals surface area contributed by atoms with Crippen LogP contribution in [-0.2, 0) is 11.2 Å². The molecule has 0 bridgehead atoms. The van der Waals surface area contributed by atoms with Crippen molar-refractivity contribution in [2.45, 2.75) is 16.2 Å². The first-order valence-electron chi connectivity index (χ1n) is 5.64. The van der Waals surface area contributed by atoms with Crippen molar-refractivity contribution in [3.63, 3.8) is 0 Å². The van der Waals surface area contributed by atoms with Crippen LogP contribution in [0.1, 0.15) is 5.56 Å². The topological polar surface area (TPSA) is 60.2 Å². The molecule has 19 heavy (non-hydrogen) atoms. The van der Waals surface area contributed by atoms with Crippen LogP contribution < -0.4 is 0 Å². The van der Waals surface area contributed by atoms with Crippen molar-refractivity contribution in [2.75, 3.05) is 0 Å². The average molecular weight is 273 g/mol. The number of nitro groups is 1. The molecule has 0 unspecified atom stereocenters. The van der Waals surface area contributed by atoms with Crippen LogP contribution in [0.15, 0.2) is 58.3 Å². The number of rotatable bonds is 5. The highest BCUT2D eigenvalue weighted by Gasteiger charge is 2.15. The fraction of sp³-hybridized carbons (Fsp3) is 0.0714. The van der Waals surface area contributed by atoms with Gasteiger partial charge in [-0.1, -0.05) is 36.0 Å². The number of nitrogens with zero attached hydrogens (tertiary/aromatic N) is 1. The van der Waals surface area contributed by atoms with E-state index in [4.69, 9.17) is 0 Å². The van der Waals surface area contributed by atoms with Gasteiger partial charge in [0.25, 0.3) is 5.69 Å². The van der Waals surface area contributed by atoms with Gasteiger partial charge in [-0.3, -0.25) is 10.1 Å². The summed E-state index contributed by atoms with van der Waals surface area (Å²) in [6.45, 7) is 0. The van der Waals surface area contributed by atoms with Gasteiger partial charge in [-0.05, 0) is 23.8 Å². The molecular weight excluding hydrogens is 262 g/mol. The highest BCUT2D eigenvalue weighted by Crippen LogP contribution is 2.35. The molecule has 0 atom stereocenters. The summed E-state index contributed by atoms with van der Waals surface area (Å²) in [5.41, 5.74) is 0.687. The summed E-state index contributed by atoms with van der Waals surface area (Å²) in [7, 11) is 0. The minimum atomic E-state index is -0.417. The van der Waals surface area contributed by atoms with Gasteiger partial charge in [-0.25, -0.2) is 0 Å². The highest BCUT2D eigenvalue weighted by atomic mass is 32.2. The van der Waals surface area contributed by atoms with Crippen LogP contribution in [-0.4, -0.2) is 11.2 Å². The molecule has 96 valence electrons. The van der Waals surface area contributed by atoms with Crippen molar-refractivity contribution in [3.8, 4) is 0 Å². The standard InChI is InChI=1S/C14H11NO3S/c16-9-8-11-6-7-14(13(10-11)15(17)18)19-12-4-2-1-3-5-12/h1-7,9-10H,8H2. The minimum absolute atomic E-state index is 0.0354. The molecule has 0 aliphatic rings. The Labute approximate surface area is 114 Å². The Bertz CT molecular complexity index is 599. The largest absolute Gasteiger partial charge is 0.303 e. The number of hydrogen-bond donors (Lipinski definition) is 0. The molecule has 0 N–H and O–H groups in total. The van der Waals surface area contributed by atoms with Crippen molar-refractivity contribution in [1.82, 2.24) is 0 Å². The molecule has 0 aliphatic carbocycles. The van der Waals surface area contributed by atoms with Crippen molar-refractivity contribution in [2.24, 2.45) is 0 Å². The van der Waals surface area contributed by atoms with Gasteiger partial charge >= 0.3 is 0 Å². The summed E-state index contributed by atoms with van der Waals surface area (Å²) < 4.78 is 0. The Kier molecular flexibility index (Phi) is 4.30. The van der Waals surface area contributed by atoms with Crippen LogP contribution in [0.25, 0.3) is 0 Å². The van der Waals surface area contributed by atoms with Gasteiger partial charge in [-0.2, -0.15) is 0 Å². The van der Waals surface area contributed by atoms with E-state index in [-0.39, 0.29) is 12.1 Å². The third kappa shape index (κ3) is 3.42. The maximum Gasteiger partial charge on any atom is 0.283 e. The fourth-order valence-corrected chi connectivity index (χ4v) is 2.55. The van der Waals surface area contributed by atoms with Crippen LogP contribution in [0.4, 0.5) is 5.69 Å². The lowest BCUT2D eigenvalue weighted by molar-refractivity contribution is -0.387. The first-order valence-corrected chi connectivity index (χ1v) is 6.46. The summed E-state index contributed by atoms with van der Waals surface area (Å²) in [4.78, 5) is 22.6. The summed E-state index contributed by atoms with van der Waals surface area (Å²) in [6.07, 6.45) is 0.931. The van der Waals surface area contributed by atoms with Gasteiger partial charge in [0.1, 0.15) is 6.29 Å². The zero-order valence-corrected chi connectivity index (χ0v) is 10.8. The number of aldehydes is 1. The van der Waals surface area contributed by atoms with E-state index < -0.39 is 4.92 Å². The Morgan fingerprint density at radius 2 is 1.89 bits per heavy atom. The molecule has 2 aromatic carbocycles. The lowest BCUT2D eigenvalue weighted by Gasteiger charge is -2.04. The molecule has 0 saturated carbocycles. The van der Waals surface area contributed by atoms with E-state index in [1.165, 1.54) is 17.8 Å². The highest BCUT2D eigenvalue weighted by molar-refractivity contribution is 7.99. The molecule has 2 rings (SSSR count). The summed E-state index contributed by atoms with van der Waals surface area (Å²) >= 11 is 1.34. The molecule has 4 nitrogen and oxygen atoms in total. The summed E-state index contributed by atoms with van der Waals surface area (Å²) in [5, 5.41) is 11.1.